The van der Waals surface area contributed by atoms with E-state index in [4.69, 9.17) is 11.6 Å². The number of halogens is 1. The quantitative estimate of drug-likeness (QED) is 0.628. The van der Waals surface area contributed by atoms with E-state index in [1.807, 2.05) is 6.07 Å². The van der Waals surface area contributed by atoms with Gasteiger partial charge in [0.2, 0.25) is 0 Å². The molecule has 0 amide bonds. The number of anilines is 1. The first-order valence-corrected chi connectivity index (χ1v) is 8.05. The van der Waals surface area contributed by atoms with E-state index < -0.39 is 0 Å². The lowest BCUT2D eigenvalue weighted by Gasteiger charge is -2.24. The molecule has 2 unspecified atom stereocenters. The summed E-state index contributed by atoms with van der Waals surface area (Å²) in [6, 6.07) is 2.34. The van der Waals surface area contributed by atoms with Crippen LogP contribution in [0.15, 0.2) is 6.07 Å². The molecule has 0 aliphatic heterocycles. The van der Waals surface area contributed by atoms with Crippen molar-refractivity contribution in [1.29, 1.82) is 0 Å². The minimum Gasteiger partial charge on any atom is -0.367 e. The standard InChI is InChI=1S/C16H26ClN3/c1-11-8-6-5-7-9-12(11)18-14-10-13(17)19-15(20-14)16(2,3)4/h10-12H,5-9H2,1-4H3,(H,18,19,20). The van der Waals surface area contributed by atoms with E-state index in [1.165, 1.54) is 32.1 Å². The summed E-state index contributed by atoms with van der Waals surface area (Å²) in [5.41, 5.74) is -0.0869. The van der Waals surface area contributed by atoms with Gasteiger partial charge in [-0.2, -0.15) is 0 Å². The van der Waals surface area contributed by atoms with Crippen molar-refractivity contribution >= 4 is 17.4 Å². The fourth-order valence-corrected chi connectivity index (χ4v) is 2.91. The van der Waals surface area contributed by atoms with Crippen molar-refractivity contribution < 1.29 is 0 Å². The highest BCUT2D eigenvalue weighted by Gasteiger charge is 2.22. The maximum Gasteiger partial charge on any atom is 0.137 e. The Bertz CT molecular complexity index is 454. The number of nitrogens with zero attached hydrogens (tertiary/aromatic N) is 2. The van der Waals surface area contributed by atoms with E-state index in [1.54, 1.807) is 0 Å². The minimum atomic E-state index is -0.0869. The van der Waals surface area contributed by atoms with Gasteiger partial charge in [-0.15, -0.1) is 0 Å². The average molecular weight is 296 g/mol. The van der Waals surface area contributed by atoms with Gasteiger partial charge in [0.15, 0.2) is 0 Å². The third-order valence-electron chi connectivity index (χ3n) is 4.06. The molecule has 0 bridgehead atoms. The summed E-state index contributed by atoms with van der Waals surface area (Å²) in [5, 5.41) is 4.11. The van der Waals surface area contributed by atoms with Crippen LogP contribution in [0.3, 0.4) is 0 Å². The fraction of sp³-hybridized carbons (Fsp3) is 0.750. The van der Waals surface area contributed by atoms with E-state index in [0.29, 0.717) is 17.1 Å². The number of aromatic nitrogens is 2. The van der Waals surface area contributed by atoms with E-state index in [-0.39, 0.29) is 5.41 Å². The van der Waals surface area contributed by atoms with Crippen LogP contribution in [-0.4, -0.2) is 16.0 Å². The monoisotopic (exact) mass is 295 g/mol. The summed E-state index contributed by atoms with van der Waals surface area (Å²) in [4.78, 5) is 9.01. The Morgan fingerprint density at radius 3 is 2.55 bits per heavy atom. The van der Waals surface area contributed by atoms with Crippen molar-refractivity contribution in [2.75, 3.05) is 5.32 Å². The topological polar surface area (TPSA) is 37.8 Å². The van der Waals surface area contributed by atoms with E-state index in [9.17, 15) is 0 Å². The zero-order valence-electron chi connectivity index (χ0n) is 13.0. The minimum absolute atomic E-state index is 0.0869. The fourth-order valence-electron chi connectivity index (χ4n) is 2.72. The number of rotatable bonds is 2. The van der Waals surface area contributed by atoms with Gasteiger partial charge in [0, 0.05) is 17.5 Å². The molecule has 0 saturated heterocycles. The Morgan fingerprint density at radius 2 is 1.85 bits per heavy atom. The van der Waals surface area contributed by atoms with E-state index in [2.05, 4.69) is 43.0 Å². The number of hydrogen-bond donors (Lipinski definition) is 1. The van der Waals surface area contributed by atoms with Gasteiger partial charge in [-0.05, 0) is 18.8 Å². The predicted octanol–water partition coefficient (Wildman–Crippen LogP) is 4.81. The Morgan fingerprint density at radius 1 is 1.15 bits per heavy atom. The van der Waals surface area contributed by atoms with Crippen LogP contribution >= 0.6 is 11.6 Å². The Hall–Kier alpha value is -0.830. The first-order valence-electron chi connectivity index (χ1n) is 7.68. The molecule has 4 heteroatoms. The third-order valence-corrected chi connectivity index (χ3v) is 4.25. The van der Waals surface area contributed by atoms with Crippen LogP contribution in [0, 0.1) is 5.92 Å². The summed E-state index contributed by atoms with van der Waals surface area (Å²) < 4.78 is 0. The van der Waals surface area contributed by atoms with Crippen LogP contribution in [0.2, 0.25) is 5.15 Å². The highest BCUT2D eigenvalue weighted by atomic mass is 35.5. The van der Waals surface area contributed by atoms with Crippen molar-refractivity contribution in [3.05, 3.63) is 17.0 Å². The van der Waals surface area contributed by atoms with Crippen molar-refractivity contribution in [2.24, 2.45) is 5.92 Å². The van der Waals surface area contributed by atoms with E-state index in [0.717, 1.165) is 11.6 Å². The molecule has 0 spiro atoms. The Kier molecular flexibility index (Phi) is 4.90. The first kappa shape index (κ1) is 15.6. The Balaban J connectivity index is 2.18. The maximum atomic E-state index is 6.15. The van der Waals surface area contributed by atoms with Gasteiger partial charge in [-0.25, -0.2) is 9.97 Å². The Labute approximate surface area is 127 Å². The maximum absolute atomic E-state index is 6.15. The first-order chi connectivity index (χ1) is 9.36. The molecule has 1 fully saturated rings. The second kappa shape index (κ2) is 6.30. The van der Waals surface area contributed by atoms with Crippen LogP contribution in [0.1, 0.15) is 65.6 Å². The molecule has 1 N–H and O–H groups in total. The van der Waals surface area contributed by atoms with Crippen LogP contribution < -0.4 is 5.32 Å². The van der Waals surface area contributed by atoms with Gasteiger partial charge in [0.25, 0.3) is 0 Å². The number of hydrogen-bond acceptors (Lipinski definition) is 3. The summed E-state index contributed by atoms with van der Waals surface area (Å²) in [6.45, 7) is 8.65. The molecule has 3 nitrogen and oxygen atoms in total. The van der Waals surface area contributed by atoms with Gasteiger partial charge >= 0.3 is 0 Å². The van der Waals surface area contributed by atoms with Gasteiger partial charge < -0.3 is 5.32 Å². The molecule has 1 aromatic heterocycles. The molecule has 1 aliphatic rings. The molecule has 0 aromatic carbocycles. The summed E-state index contributed by atoms with van der Waals surface area (Å²) in [6.07, 6.45) is 6.50. The molecule has 1 heterocycles. The highest BCUT2D eigenvalue weighted by Crippen LogP contribution is 2.27. The van der Waals surface area contributed by atoms with Crippen LogP contribution in [0.5, 0.6) is 0 Å². The predicted molar refractivity (Wildman–Crippen MR) is 85.4 cm³/mol. The van der Waals surface area contributed by atoms with Gasteiger partial charge in [0.05, 0.1) is 0 Å². The second-order valence-electron chi connectivity index (χ2n) is 7.02. The molecule has 2 atom stereocenters. The molecule has 1 aromatic rings. The van der Waals surface area contributed by atoms with Gasteiger partial charge in [0.1, 0.15) is 16.8 Å². The van der Waals surface area contributed by atoms with E-state index >= 15 is 0 Å². The van der Waals surface area contributed by atoms with Crippen molar-refractivity contribution in [1.82, 2.24) is 9.97 Å². The molecule has 1 saturated carbocycles. The van der Waals surface area contributed by atoms with Gasteiger partial charge in [-0.1, -0.05) is 58.6 Å². The van der Waals surface area contributed by atoms with Crippen molar-refractivity contribution in [3.63, 3.8) is 0 Å². The van der Waals surface area contributed by atoms with Gasteiger partial charge in [-0.3, -0.25) is 0 Å². The van der Waals surface area contributed by atoms with Crippen LogP contribution in [0.4, 0.5) is 5.82 Å². The zero-order chi connectivity index (χ0) is 14.8. The summed E-state index contributed by atoms with van der Waals surface area (Å²) in [5.74, 6) is 2.35. The highest BCUT2D eigenvalue weighted by molar-refractivity contribution is 6.29. The largest absolute Gasteiger partial charge is 0.367 e. The van der Waals surface area contributed by atoms with Crippen molar-refractivity contribution in [3.8, 4) is 0 Å². The molecule has 20 heavy (non-hydrogen) atoms. The SMILES string of the molecule is CC1CCCCCC1Nc1cc(Cl)nc(C(C)(C)C)n1. The molecule has 1 aliphatic carbocycles. The lowest BCUT2D eigenvalue weighted by molar-refractivity contribution is 0.454. The summed E-state index contributed by atoms with van der Waals surface area (Å²) >= 11 is 6.15. The zero-order valence-corrected chi connectivity index (χ0v) is 13.8. The second-order valence-corrected chi connectivity index (χ2v) is 7.40. The average Bonchev–Trinajstić information content (AvgIpc) is 2.53. The molecule has 2 rings (SSSR count). The van der Waals surface area contributed by atoms with Crippen LogP contribution in [-0.2, 0) is 5.41 Å². The molecular weight excluding hydrogens is 270 g/mol. The van der Waals surface area contributed by atoms with Crippen molar-refractivity contribution in [2.45, 2.75) is 71.3 Å². The molecular formula is C16H26ClN3. The summed E-state index contributed by atoms with van der Waals surface area (Å²) in [7, 11) is 0. The molecule has 112 valence electrons. The number of nitrogens with one attached hydrogen (secondary N) is 1. The van der Waals surface area contributed by atoms with Crippen LogP contribution in [0.25, 0.3) is 0 Å². The lowest BCUT2D eigenvalue weighted by Crippen LogP contribution is -2.27. The smallest absolute Gasteiger partial charge is 0.137 e. The molecule has 0 radical (unpaired) electrons. The lowest BCUT2D eigenvalue weighted by atomic mass is 9.95. The third kappa shape index (κ3) is 4.08. The normalized spacial score (nSPS) is 24.2.